The molecule has 1 amide bonds. The molecule has 1 aromatic heterocycles. The molecule has 1 unspecified atom stereocenters. The van der Waals surface area contributed by atoms with Gasteiger partial charge < -0.3 is 10.2 Å². The zero-order valence-electron chi connectivity index (χ0n) is 15.1. The third kappa shape index (κ3) is 4.11. The summed E-state index contributed by atoms with van der Waals surface area (Å²) >= 11 is 0. The largest absolute Gasteiger partial charge is 0.362 e. The van der Waals surface area contributed by atoms with Gasteiger partial charge in [-0.25, -0.2) is 4.98 Å². The van der Waals surface area contributed by atoms with E-state index in [1.165, 1.54) is 0 Å². The number of amides is 1. The average Bonchev–Trinajstić information content (AvgIpc) is 2.55. The number of aromatic nitrogens is 1. The van der Waals surface area contributed by atoms with Crippen molar-refractivity contribution in [2.24, 2.45) is 0 Å². The van der Waals surface area contributed by atoms with Crippen molar-refractivity contribution in [1.82, 2.24) is 15.2 Å². The number of carbonyl (C=O) groups excluding carboxylic acids is 1. The number of benzene rings is 1. The first-order chi connectivity index (χ1) is 11.4. The summed E-state index contributed by atoms with van der Waals surface area (Å²) in [5, 5.41) is 3.05. The van der Waals surface area contributed by atoms with Gasteiger partial charge >= 0.3 is 0 Å². The summed E-state index contributed by atoms with van der Waals surface area (Å²) in [5.41, 5.74) is 3.14. The first-order valence-corrected chi connectivity index (χ1v) is 8.02. The maximum absolute atomic E-state index is 12.8. The van der Waals surface area contributed by atoms with Gasteiger partial charge in [-0.05, 0) is 38.2 Å². The lowest BCUT2D eigenvalue weighted by Gasteiger charge is -2.25. The first kappa shape index (κ1) is 17.9. The molecule has 1 N–H and O–H groups in total. The maximum Gasteiger partial charge on any atom is 0.242 e. The molecule has 1 heterocycles. The van der Waals surface area contributed by atoms with E-state index in [4.69, 9.17) is 0 Å². The van der Waals surface area contributed by atoms with Gasteiger partial charge in [-0.2, -0.15) is 0 Å². The lowest BCUT2D eigenvalue weighted by molar-refractivity contribution is -0.126. The fourth-order valence-electron chi connectivity index (χ4n) is 2.80. The zero-order valence-corrected chi connectivity index (χ0v) is 15.1. The fourth-order valence-corrected chi connectivity index (χ4v) is 2.80. The van der Waals surface area contributed by atoms with E-state index >= 15 is 0 Å². The van der Waals surface area contributed by atoms with Gasteiger partial charge in [-0.3, -0.25) is 9.69 Å². The summed E-state index contributed by atoms with van der Waals surface area (Å²) in [5.74, 6) is 0.859. The zero-order chi connectivity index (χ0) is 17.7. The van der Waals surface area contributed by atoms with Crippen molar-refractivity contribution >= 4 is 11.7 Å². The minimum Gasteiger partial charge on any atom is -0.362 e. The summed E-state index contributed by atoms with van der Waals surface area (Å²) in [6, 6.07) is 11.6. The third-order valence-electron chi connectivity index (χ3n) is 3.99. The molecule has 2 rings (SSSR count). The number of carbonyl (C=O) groups is 1. The normalized spacial score (nSPS) is 12.1. The second-order valence-corrected chi connectivity index (χ2v) is 6.32. The van der Waals surface area contributed by atoms with Crippen molar-refractivity contribution in [3.63, 3.8) is 0 Å². The summed E-state index contributed by atoms with van der Waals surface area (Å²) < 4.78 is 0. The van der Waals surface area contributed by atoms with E-state index in [1.807, 2.05) is 81.3 Å². The van der Waals surface area contributed by atoms with Crippen LogP contribution in [0.3, 0.4) is 0 Å². The number of anilines is 1. The highest BCUT2D eigenvalue weighted by Crippen LogP contribution is 2.22. The predicted octanol–water partition coefficient (Wildman–Crippen LogP) is 2.38. The molecule has 24 heavy (non-hydrogen) atoms. The lowest BCUT2D eigenvalue weighted by Crippen LogP contribution is -2.37. The van der Waals surface area contributed by atoms with E-state index in [2.05, 4.69) is 10.3 Å². The van der Waals surface area contributed by atoms with Crippen molar-refractivity contribution in [3.05, 3.63) is 59.3 Å². The van der Waals surface area contributed by atoms with E-state index in [-0.39, 0.29) is 11.9 Å². The Morgan fingerprint density at radius 1 is 1.12 bits per heavy atom. The Kier molecular flexibility index (Phi) is 5.93. The smallest absolute Gasteiger partial charge is 0.242 e. The maximum atomic E-state index is 12.8. The topological polar surface area (TPSA) is 48.5 Å². The van der Waals surface area contributed by atoms with E-state index in [9.17, 15) is 4.79 Å². The van der Waals surface area contributed by atoms with Gasteiger partial charge in [0, 0.05) is 32.4 Å². The molecule has 0 spiro atoms. The Labute approximate surface area is 144 Å². The van der Waals surface area contributed by atoms with Crippen LogP contribution in [0.1, 0.15) is 22.7 Å². The number of aryl methyl sites for hydroxylation is 1. The highest BCUT2D eigenvalue weighted by atomic mass is 16.2. The Hall–Kier alpha value is -2.40. The quantitative estimate of drug-likeness (QED) is 0.885. The molecule has 0 fully saturated rings. The molecule has 0 aliphatic carbocycles. The van der Waals surface area contributed by atoms with Crippen molar-refractivity contribution in [2.75, 3.05) is 33.1 Å². The summed E-state index contributed by atoms with van der Waals surface area (Å²) in [6.45, 7) is 2.49. The van der Waals surface area contributed by atoms with Crippen LogP contribution in [0.25, 0.3) is 0 Å². The van der Waals surface area contributed by atoms with E-state index in [0.29, 0.717) is 6.54 Å². The van der Waals surface area contributed by atoms with Crippen LogP contribution in [-0.2, 0) is 11.3 Å². The number of pyridine rings is 1. The van der Waals surface area contributed by atoms with Crippen molar-refractivity contribution in [2.45, 2.75) is 19.5 Å². The van der Waals surface area contributed by atoms with Gasteiger partial charge in [-0.1, -0.05) is 30.3 Å². The number of nitrogens with one attached hydrogen (secondary N) is 1. The van der Waals surface area contributed by atoms with E-state index in [0.717, 1.165) is 22.5 Å². The minimum absolute atomic E-state index is 0.0112. The van der Waals surface area contributed by atoms with E-state index in [1.54, 1.807) is 6.20 Å². The number of rotatable bonds is 6. The molecule has 5 nitrogen and oxygen atoms in total. The van der Waals surface area contributed by atoms with E-state index < -0.39 is 0 Å². The summed E-state index contributed by atoms with van der Waals surface area (Å²) in [6.07, 6.45) is 1.76. The SMILES string of the molecule is Cc1ccccc1C(C(=O)NCc1cccnc1N(C)C)N(C)C. The lowest BCUT2D eigenvalue weighted by atomic mass is 10.00. The van der Waals surface area contributed by atoms with Crippen LogP contribution in [0.5, 0.6) is 0 Å². The van der Waals surface area contributed by atoms with Crippen molar-refractivity contribution < 1.29 is 4.79 Å². The number of hydrogen-bond donors (Lipinski definition) is 1. The van der Waals surface area contributed by atoms with Crippen LogP contribution in [0.15, 0.2) is 42.6 Å². The van der Waals surface area contributed by atoms with Crippen LogP contribution in [-0.4, -0.2) is 44.0 Å². The monoisotopic (exact) mass is 326 g/mol. The molecule has 0 saturated heterocycles. The third-order valence-corrected chi connectivity index (χ3v) is 3.99. The molecule has 128 valence electrons. The molecule has 2 aromatic rings. The van der Waals surface area contributed by atoms with Crippen LogP contribution in [0.2, 0.25) is 0 Å². The molecule has 0 aliphatic rings. The Bertz CT molecular complexity index is 697. The standard InChI is InChI=1S/C19H26N4O/c1-14-9-6-7-11-16(14)17(22(2)3)19(24)21-13-15-10-8-12-20-18(15)23(4)5/h6-12,17H,13H2,1-5H3,(H,21,24). The van der Waals surface area contributed by atoms with Gasteiger partial charge in [0.15, 0.2) is 0 Å². The number of likely N-dealkylation sites (N-methyl/N-ethyl adjacent to an activating group) is 1. The highest BCUT2D eigenvalue weighted by molar-refractivity contribution is 5.83. The molecule has 1 atom stereocenters. The highest BCUT2D eigenvalue weighted by Gasteiger charge is 2.24. The van der Waals surface area contributed by atoms with Crippen LogP contribution < -0.4 is 10.2 Å². The Morgan fingerprint density at radius 2 is 1.83 bits per heavy atom. The molecular formula is C19H26N4O. The Morgan fingerprint density at radius 3 is 2.46 bits per heavy atom. The predicted molar refractivity (Wildman–Crippen MR) is 98.0 cm³/mol. The van der Waals surface area contributed by atoms with Gasteiger partial charge in [0.1, 0.15) is 11.9 Å². The van der Waals surface area contributed by atoms with Crippen LogP contribution >= 0.6 is 0 Å². The van der Waals surface area contributed by atoms with Gasteiger partial charge in [0.25, 0.3) is 0 Å². The fraction of sp³-hybridized carbons (Fsp3) is 0.368. The van der Waals surface area contributed by atoms with Crippen molar-refractivity contribution in [3.8, 4) is 0 Å². The van der Waals surface area contributed by atoms with Crippen molar-refractivity contribution in [1.29, 1.82) is 0 Å². The Balaban J connectivity index is 2.17. The molecule has 0 aliphatic heterocycles. The second kappa shape index (κ2) is 7.93. The number of hydrogen-bond acceptors (Lipinski definition) is 4. The minimum atomic E-state index is -0.314. The molecule has 0 bridgehead atoms. The average molecular weight is 326 g/mol. The van der Waals surface area contributed by atoms with Gasteiger partial charge in [0.2, 0.25) is 5.91 Å². The van der Waals surface area contributed by atoms with Crippen LogP contribution in [0, 0.1) is 6.92 Å². The molecule has 1 aromatic carbocycles. The summed E-state index contributed by atoms with van der Waals surface area (Å²) in [7, 11) is 7.74. The van der Waals surface area contributed by atoms with Gasteiger partial charge in [0.05, 0.1) is 0 Å². The molecular weight excluding hydrogens is 300 g/mol. The number of nitrogens with zero attached hydrogens (tertiary/aromatic N) is 3. The molecule has 5 heteroatoms. The first-order valence-electron chi connectivity index (χ1n) is 8.02. The molecule has 0 saturated carbocycles. The summed E-state index contributed by atoms with van der Waals surface area (Å²) in [4.78, 5) is 21.1. The van der Waals surface area contributed by atoms with Crippen LogP contribution in [0.4, 0.5) is 5.82 Å². The second-order valence-electron chi connectivity index (χ2n) is 6.32. The van der Waals surface area contributed by atoms with Gasteiger partial charge in [-0.15, -0.1) is 0 Å². The molecule has 0 radical (unpaired) electrons.